The molecule has 0 aromatic heterocycles. The number of benzene rings is 2. The van der Waals surface area contributed by atoms with Crippen LogP contribution in [-0.2, 0) is 16.0 Å². The zero-order chi connectivity index (χ0) is 17.4. The molecule has 4 rings (SSSR count). The number of fused-ring (bicyclic) bond motifs is 2. The molecule has 0 saturated heterocycles. The van der Waals surface area contributed by atoms with Crippen LogP contribution in [0.3, 0.4) is 0 Å². The summed E-state index contributed by atoms with van der Waals surface area (Å²) in [6.07, 6.45) is 2.40. The fourth-order valence-corrected chi connectivity index (χ4v) is 4.22. The van der Waals surface area contributed by atoms with Gasteiger partial charge in [-0.15, -0.1) is 0 Å². The molecule has 25 heavy (non-hydrogen) atoms. The van der Waals surface area contributed by atoms with Crippen LogP contribution in [0.5, 0.6) is 11.5 Å². The van der Waals surface area contributed by atoms with Crippen molar-refractivity contribution in [1.82, 2.24) is 0 Å². The molecule has 2 atom stereocenters. The standard InChI is InChI=1S/C20H19BrO4/c1-23-20(22)9-12-11-24-19-10-13(5-6-14(12)19)25-18-8-7-15-16(18)3-2-4-17(15)21/h2-6,10,12,18H,7-9,11H2,1H3/t12-,18-/m1/s1. The molecule has 0 fully saturated rings. The Bertz CT molecular complexity index is 817. The number of hydrogen-bond donors (Lipinski definition) is 0. The lowest BCUT2D eigenvalue weighted by molar-refractivity contribution is -0.141. The van der Waals surface area contributed by atoms with Crippen LogP contribution < -0.4 is 9.47 Å². The van der Waals surface area contributed by atoms with Crippen molar-refractivity contribution in [1.29, 1.82) is 0 Å². The highest BCUT2D eigenvalue weighted by Gasteiger charge is 2.29. The lowest BCUT2D eigenvalue weighted by atomic mass is 9.98. The van der Waals surface area contributed by atoms with Crippen LogP contribution in [0.2, 0.25) is 0 Å². The third kappa shape index (κ3) is 3.13. The minimum atomic E-state index is -0.213. The van der Waals surface area contributed by atoms with Gasteiger partial charge in [-0.3, -0.25) is 4.79 Å². The third-order valence-corrected chi connectivity index (χ3v) is 5.69. The van der Waals surface area contributed by atoms with Crippen LogP contribution in [0, 0.1) is 0 Å². The van der Waals surface area contributed by atoms with Gasteiger partial charge in [-0.1, -0.05) is 34.1 Å². The number of rotatable bonds is 4. The first-order chi connectivity index (χ1) is 12.2. The molecule has 0 radical (unpaired) electrons. The van der Waals surface area contributed by atoms with Gasteiger partial charge in [0, 0.05) is 22.0 Å². The molecule has 5 heteroatoms. The predicted octanol–water partition coefficient (Wildman–Crippen LogP) is 4.55. The second-order valence-corrected chi connectivity index (χ2v) is 7.29. The van der Waals surface area contributed by atoms with Crippen molar-refractivity contribution < 1.29 is 19.0 Å². The van der Waals surface area contributed by atoms with E-state index in [4.69, 9.17) is 14.2 Å². The van der Waals surface area contributed by atoms with Gasteiger partial charge in [-0.25, -0.2) is 0 Å². The Balaban J connectivity index is 1.51. The SMILES string of the molecule is COC(=O)C[C@@H]1COc2cc(O[C@@H]3CCc4c(Br)cccc43)ccc21. The summed E-state index contributed by atoms with van der Waals surface area (Å²) in [6, 6.07) is 12.2. The number of esters is 1. The molecular weight excluding hydrogens is 384 g/mol. The molecule has 0 N–H and O–H groups in total. The minimum Gasteiger partial charge on any atom is -0.492 e. The fraction of sp³-hybridized carbons (Fsp3) is 0.350. The average Bonchev–Trinajstić information content (AvgIpc) is 3.20. The highest BCUT2D eigenvalue weighted by molar-refractivity contribution is 9.10. The average molecular weight is 403 g/mol. The maximum Gasteiger partial charge on any atom is 0.306 e. The highest BCUT2D eigenvalue weighted by Crippen LogP contribution is 2.42. The predicted molar refractivity (Wildman–Crippen MR) is 97.1 cm³/mol. The van der Waals surface area contributed by atoms with Gasteiger partial charge in [0.05, 0.1) is 20.1 Å². The molecule has 1 aliphatic carbocycles. The molecule has 2 aromatic rings. The van der Waals surface area contributed by atoms with E-state index in [2.05, 4.69) is 28.1 Å². The summed E-state index contributed by atoms with van der Waals surface area (Å²) in [4.78, 5) is 11.5. The van der Waals surface area contributed by atoms with Gasteiger partial charge in [0.15, 0.2) is 0 Å². The molecule has 130 valence electrons. The Hall–Kier alpha value is -2.01. The van der Waals surface area contributed by atoms with Crippen molar-refractivity contribution in [3.05, 3.63) is 57.6 Å². The van der Waals surface area contributed by atoms with Gasteiger partial charge >= 0.3 is 5.97 Å². The maximum atomic E-state index is 11.5. The van der Waals surface area contributed by atoms with Crippen molar-refractivity contribution >= 4 is 21.9 Å². The summed E-state index contributed by atoms with van der Waals surface area (Å²) < 4.78 is 17.9. The summed E-state index contributed by atoms with van der Waals surface area (Å²) in [7, 11) is 1.41. The molecule has 0 spiro atoms. The molecule has 1 heterocycles. The third-order valence-electron chi connectivity index (χ3n) is 4.94. The quantitative estimate of drug-likeness (QED) is 0.703. The molecule has 0 bridgehead atoms. The Morgan fingerprint density at radius 1 is 1.28 bits per heavy atom. The van der Waals surface area contributed by atoms with Crippen LogP contribution in [0.1, 0.15) is 41.6 Å². The van der Waals surface area contributed by atoms with Crippen LogP contribution in [0.25, 0.3) is 0 Å². The molecule has 4 nitrogen and oxygen atoms in total. The van der Waals surface area contributed by atoms with Crippen LogP contribution >= 0.6 is 15.9 Å². The first kappa shape index (κ1) is 16.5. The fourth-order valence-electron chi connectivity index (χ4n) is 3.64. The zero-order valence-electron chi connectivity index (χ0n) is 14.0. The van der Waals surface area contributed by atoms with E-state index < -0.39 is 0 Å². The van der Waals surface area contributed by atoms with Crippen LogP contribution in [-0.4, -0.2) is 19.7 Å². The summed E-state index contributed by atoms with van der Waals surface area (Å²) >= 11 is 3.62. The number of hydrogen-bond acceptors (Lipinski definition) is 4. The van der Waals surface area contributed by atoms with Crippen molar-refractivity contribution in [2.45, 2.75) is 31.3 Å². The Kier molecular flexibility index (Phi) is 4.42. The molecular formula is C20H19BrO4. The van der Waals surface area contributed by atoms with E-state index in [9.17, 15) is 4.79 Å². The van der Waals surface area contributed by atoms with Crippen molar-refractivity contribution in [2.75, 3.05) is 13.7 Å². The van der Waals surface area contributed by atoms with Gasteiger partial charge < -0.3 is 14.2 Å². The van der Waals surface area contributed by atoms with Crippen LogP contribution in [0.15, 0.2) is 40.9 Å². The van der Waals surface area contributed by atoms with Gasteiger partial charge in [-0.05, 0) is 36.1 Å². The minimum absolute atomic E-state index is 0.0552. The number of carbonyl (C=O) groups is 1. The largest absolute Gasteiger partial charge is 0.492 e. The normalized spacial score (nSPS) is 20.6. The van der Waals surface area contributed by atoms with Crippen molar-refractivity contribution in [3.8, 4) is 11.5 Å². The molecule has 2 aromatic carbocycles. The Labute approximate surface area is 155 Å². The number of halogens is 1. The first-order valence-corrected chi connectivity index (χ1v) is 9.22. The molecule has 0 amide bonds. The summed E-state index contributed by atoms with van der Waals surface area (Å²) in [5.74, 6) is 1.45. The number of carbonyl (C=O) groups excluding carboxylic acids is 1. The zero-order valence-corrected chi connectivity index (χ0v) is 15.5. The van der Waals surface area contributed by atoms with E-state index in [-0.39, 0.29) is 18.0 Å². The lowest BCUT2D eigenvalue weighted by Crippen LogP contribution is -2.09. The van der Waals surface area contributed by atoms with Gasteiger partial charge in [-0.2, -0.15) is 0 Å². The molecule has 2 aliphatic rings. The second kappa shape index (κ2) is 6.71. The lowest BCUT2D eigenvalue weighted by Gasteiger charge is -2.16. The summed E-state index contributed by atoms with van der Waals surface area (Å²) in [6.45, 7) is 0.507. The second-order valence-electron chi connectivity index (χ2n) is 6.44. The smallest absolute Gasteiger partial charge is 0.306 e. The monoisotopic (exact) mass is 402 g/mol. The molecule has 0 unspecified atom stereocenters. The van der Waals surface area contributed by atoms with Crippen LogP contribution in [0.4, 0.5) is 0 Å². The van der Waals surface area contributed by atoms with E-state index in [1.807, 2.05) is 24.3 Å². The maximum absolute atomic E-state index is 11.5. The van der Waals surface area contributed by atoms with E-state index in [1.54, 1.807) is 0 Å². The van der Waals surface area contributed by atoms with E-state index in [0.29, 0.717) is 13.0 Å². The van der Waals surface area contributed by atoms with Gasteiger partial charge in [0.25, 0.3) is 0 Å². The van der Waals surface area contributed by atoms with Gasteiger partial charge in [0.1, 0.15) is 17.6 Å². The summed E-state index contributed by atoms with van der Waals surface area (Å²) in [5, 5.41) is 0. The van der Waals surface area contributed by atoms with E-state index >= 15 is 0 Å². The molecule has 1 aliphatic heterocycles. The number of ether oxygens (including phenoxy) is 3. The van der Waals surface area contributed by atoms with Crippen molar-refractivity contribution in [3.63, 3.8) is 0 Å². The van der Waals surface area contributed by atoms with E-state index in [1.165, 1.54) is 18.2 Å². The first-order valence-electron chi connectivity index (χ1n) is 8.43. The Morgan fingerprint density at radius 2 is 2.16 bits per heavy atom. The summed E-state index contributed by atoms with van der Waals surface area (Å²) in [5.41, 5.74) is 3.63. The molecule has 0 saturated carbocycles. The topological polar surface area (TPSA) is 44.8 Å². The highest BCUT2D eigenvalue weighted by atomic mass is 79.9. The Morgan fingerprint density at radius 3 is 3.00 bits per heavy atom. The van der Waals surface area contributed by atoms with E-state index in [0.717, 1.165) is 34.4 Å². The van der Waals surface area contributed by atoms with Gasteiger partial charge in [0.2, 0.25) is 0 Å². The van der Waals surface area contributed by atoms with Crippen molar-refractivity contribution in [2.24, 2.45) is 0 Å². The number of methoxy groups -OCH3 is 1.